The van der Waals surface area contributed by atoms with E-state index in [-0.39, 0.29) is 39.3 Å². The van der Waals surface area contributed by atoms with Crippen molar-refractivity contribution in [3.8, 4) is 51.3 Å². The van der Waals surface area contributed by atoms with Crippen molar-refractivity contribution < 1.29 is 46.9 Å². The first-order valence-corrected chi connectivity index (χ1v) is 25.4. The molecule has 0 aliphatic heterocycles. The lowest BCUT2D eigenvalue weighted by atomic mass is 10.00. The molecule has 11 heteroatoms. The number of aryl methyl sites for hydroxylation is 2. The van der Waals surface area contributed by atoms with Crippen LogP contribution >= 0.6 is 0 Å². The van der Waals surface area contributed by atoms with Gasteiger partial charge in [0.2, 0.25) is 0 Å². The van der Waals surface area contributed by atoms with Gasteiger partial charge in [-0.15, -0.1) is 0 Å². The van der Waals surface area contributed by atoms with Crippen molar-refractivity contribution in [3.05, 3.63) is 202 Å². The highest BCUT2D eigenvalue weighted by atomic mass is 19.1. The molecule has 0 saturated carbocycles. The van der Waals surface area contributed by atoms with Gasteiger partial charge in [0.25, 0.3) is 0 Å². The van der Waals surface area contributed by atoms with Crippen molar-refractivity contribution in [2.75, 3.05) is 0 Å². The SMILES string of the molecule is CCCCCCCCc1ccc(-c2ccc(C(=O)Oc3ccc(C(=O)Oc4cc(C#N)cc(OC(=O)c5ccc(OC(=O)c6ccc(-c7ccc(CCCCCCCC)cc7)cc6)c(F)c5)c4)cc3F)cc2)cc1. The molecule has 9 nitrogen and oxygen atoms in total. The molecule has 0 aromatic heterocycles. The Bertz CT molecular complexity index is 2870. The Labute approximate surface area is 431 Å². The summed E-state index contributed by atoms with van der Waals surface area (Å²) in [6.45, 7) is 4.43. The average Bonchev–Trinajstić information content (AvgIpc) is 3.42. The van der Waals surface area contributed by atoms with E-state index in [0.29, 0.717) is 0 Å². The van der Waals surface area contributed by atoms with Gasteiger partial charge in [-0.2, -0.15) is 5.26 Å². The predicted molar refractivity (Wildman–Crippen MR) is 282 cm³/mol. The van der Waals surface area contributed by atoms with Crippen LogP contribution in [-0.2, 0) is 12.8 Å². The molecule has 0 aliphatic rings. The number of carbonyl (C=O) groups excluding carboxylic acids is 4. The van der Waals surface area contributed by atoms with Crippen LogP contribution in [0.25, 0.3) is 22.3 Å². The summed E-state index contributed by atoms with van der Waals surface area (Å²) in [5.41, 5.74) is 6.19. The summed E-state index contributed by atoms with van der Waals surface area (Å²) in [7, 11) is 0. The van der Waals surface area contributed by atoms with E-state index in [1.165, 1.54) is 99.6 Å². The highest BCUT2D eigenvalue weighted by Gasteiger charge is 2.20. The van der Waals surface area contributed by atoms with Crippen molar-refractivity contribution in [1.29, 1.82) is 5.26 Å². The molecular weight excluding hydrogens is 937 g/mol. The molecule has 0 saturated heterocycles. The number of rotatable bonds is 24. The Balaban J connectivity index is 0.893. The number of halogens is 2. The number of nitriles is 1. The minimum atomic E-state index is -1.04. The lowest BCUT2D eigenvalue weighted by molar-refractivity contribution is 0.0716. The molecule has 0 radical (unpaired) electrons. The predicted octanol–water partition coefficient (Wildman–Crippen LogP) is 15.9. The molecule has 74 heavy (non-hydrogen) atoms. The number of unbranched alkanes of at least 4 members (excludes halogenated alkanes) is 10. The molecule has 0 spiro atoms. The summed E-state index contributed by atoms with van der Waals surface area (Å²) in [6, 6.07) is 42.0. The van der Waals surface area contributed by atoms with E-state index >= 15 is 8.78 Å². The molecular formula is C63H59F2NO8. The molecule has 7 rings (SSSR count). The summed E-state index contributed by atoms with van der Waals surface area (Å²) in [4.78, 5) is 52.3. The van der Waals surface area contributed by atoms with E-state index < -0.39 is 47.0 Å². The maximum absolute atomic E-state index is 15.3. The van der Waals surface area contributed by atoms with Crippen molar-refractivity contribution in [1.82, 2.24) is 0 Å². The number of benzene rings is 7. The maximum Gasteiger partial charge on any atom is 0.343 e. The summed E-state index contributed by atoms with van der Waals surface area (Å²) < 4.78 is 52.0. The normalized spacial score (nSPS) is 10.9. The summed E-state index contributed by atoms with van der Waals surface area (Å²) in [5, 5.41) is 9.66. The van der Waals surface area contributed by atoms with Crippen LogP contribution in [-0.4, -0.2) is 23.9 Å². The molecule has 0 atom stereocenters. The first-order valence-electron chi connectivity index (χ1n) is 25.4. The second-order valence-corrected chi connectivity index (χ2v) is 18.2. The molecule has 0 amide bonds. The molecule has 0 aliphatic carbocycles. The third kappa shape index (κ3) is 15.4. The minimum absolute atomic E-state index is 0.0607. The zero-order valence-electron chi connectivity index (χ0n) is 41.8. The molecule has 7 aromatic rings. The molecule has 0 heterocycles. The van der Waals surface area contributed by atoms with Crippen molar-refractivity contribution in [2.45, 2.75) is 104 Å². The average molecular weight is 996 g/mol. The Hall–Kier alpha value is -8.23. The second kappa shape index (κ2) is 27.0. The molecule has 0 fully saturated rings. The standard InChI is InChI=1S/C63H59F2NO8/c1-3-5-7-9-11-13-15-43-17-21-46(22-18-43)48-25-29-50(30-26-48)60(67)73-58-35-33-52(39-56(58)64)62(69)71-54-37-45(42-66)38-55(41-54)72-63(70)53-34-36-59(57(65)40-53)74-61(68)51-31-27-49(28-32-51)47-23-19-44(20-24-47)16-14-12-10-8-6-4-2/h17-41H,3-16H2,1-2H3. The lowest BCUT2D eigenvalue weighted by Crippen LogP contribution is -2.13. The third-order valence-electron chi connectivity index (χ3n) is 12.6. The van der Waals surface area contributed by atoms with Crippen molar-refractivity contribution in [2.24, 2.45) is 0 Å². The monoisotopic (exact) mass is 995 g/mol. The highest BCUT2D eigenvalue weighted by Crippen LogP contribution is 2.29. The lowest BCUT2D eigenvalue weighted by Gasteiger charge is -2.11. The number of hydrogen-bond acceptors (Lipinski definition) is 9. The quantitative estimate of drug-likeness (QED) is 0.0330. The van der Waals surface area contributed by atoms with Crippen LogP contribution in [0.3, 0.4) is 0 Å². The number of esters is 4. The van der Waals surface area contributed by atoms with Crippen LogP contribution in [0, 0.1) is 23.0 Å². The van der Waals surface area contributed by atoms with Crippen molar-refractivity contribution in [3.63, 3.8) is 0 Å². The van der Waals surface area contributed by atoms with Gasteiger partial charge < -0.3 is 18.9 Å². The number of ether oxygens (including phenoxy) is 4. The Morgan fingerprint density at radius 2 is 0.716 bits per heavy atom. The van der Waals surface area contributed by atoms with Gasteiger partial charge in [-0.1, -0.05) is 151 Å². The van der Waals surface area contributed by atoms with Crippen LogP contribution in [0.1, 0.15) is 149 Å². The summed E-state index contributed by atoms with van der Waals surface area (Å²) in [6.07, 6.45) is 17.0. The highest BCUT2D eigenvalue weighted by molar-refractivity contribution is 5.94. The van der Waals surface area contributed by atoms with Crippen molar-refractivity contribution >= 4 is 23.9 Å². The second-order valence-electron chi connectivity index (χ2n) is 18.2. The fourth-order valence-electron chi connectivity index (χ4n) is 8.37. The van der Waals surface area contributed by atoms with E-state index in [1.807, 2.05) is 6.07 Å². The number of nitrogens with zero attached hydrogens (tertiary/aromatic N) is 1. The van der Waals surface area contributed by atoms with Crippen LogP contribution in [0.4, 0.5) is 8.78 Å². The van der Waals surface area contributed by atoms with Crippen LogP contribution in [0.5, 0.6) is 23.0 Å². The fourth-order valence-corrected chi connectivity index (χ4v) is 8.37. The number of hydrogen-bond donors (Lipinski definition) is 0. The van der Waals surface area contributed by atoms with E-state index in [0.717, 1.165) is 78.3 Å². The Kier molecular flexibility index (Phi) is 19.5. The molecule has 0 N–H and O–H groups in total. The molecule has 0 bridgehead atoms. The summed E-state index contributed by atoms with van der Waals surface area (Å²) in [5.74, 6) is -6.97. The van der Waals surface area contributed by atoms with Gasteiger partial charge in [-0.25, -0.2) is 28.0 Å². The Morgan fingerprint density at radius 3 is 1.07 bits per heavy atom. The van der Waals surface area contributed by atoms with E-state index in [9.17, 15) is 24.4 Å². The van der Waals surface area contributed by atoms with Gasteiger partial charge >= 0.3 is 23.9 Å². The molecule has 378 valence electrons. The maximum atomic E-state index is 15.3. The Morgan fingerprint density at radius 1 is 0.392 bits per heavy atom. The first kappa shape index (κ1) is 53.6. The van der Waals surface area contributed by atoms with Crippen LogP contribution < -0.4 is 18.9 Å². The fraction of sp³-hybridized carbons (Fsp3) is 0.254. The van der Waals surface area contributed by atoms with Gasteiger partial charge in [-0.05, 0) is 132 Å². The van der Waals surface area contributed by atoms with Gasteiger partial charge in [0.05, 0.1) is 33.9 Å². The minimum Gasteiger partial charge on any atom is -0.423 e. The third-order valence-corrected chi connectivity index (χ3v) is 12.6. The van der Waals surface area contributed by atoms with Gasteiger partial charge in [-0.3, -0.25) is 0 Å². The van der Waals surface area contributed by atoms with Crippen LogP contribution in [0.2, 0.25) is 0 Å². The molecule has 0 unspecified atom stereocenters. The zero-order valence-corrected chi connectivity index (χ0v) is 41.8. The van der Waals surface area contributed by atoms with Crippen LogP contribution in [0.15, 0.2) is 152 Å². The first-order chi connectivity index (χ1) is 36.0. The van der Waals surface area contributed by atoms with Gasteiger partial charge in [0.1, 0.15) is 11.5 Å². The topological polar surface area (TPSA) is 129 Å². The number of carbonyl (C=O) groups is 4. The van der Waals surface area contributed by atoms with E-state index in [4.69, 9.17) is 18.9 Å². The largest absolute Gasteiger partial charge is 0.423 e. The van der Waals surface area contributed by atoms with E-state index in [1.54, 1.807) is 48.5 Å². The molecule has 7 aromatic carbocycles. The smallest absolute Gasteiger partial charge is 0.343 e. The van der Waals surface area contributed by atoms with Gasteiger partial charge in [0.15, 0.2) is 23.1 Å². The van der Waals surface area contributed by atoms with E-state index in [2.05, 4.69) is 62.4 Å². The van der Waals surface area contributed by atoms with Gasteiger partial charge in [0, 0.05) is 6.07 Å². The summed E-state index contributed by atoms with van der Waals surface area (Å²) >= 11 is 0. The zero-order chi connectivity index (χ0) is 52.2.